The van der Waals surface area contributed by atoms with Crippen LogP contribution in [0.2, 0.25) is 0 Å². The molecule has 4 nitrogen and oxygen atoms in total. The van der Waals surface area contributed by atoms with E-state index in [0.29, 0.717) is 17.5 Å². The molecule has 21 heavy (non-hydrogen) atoms. The minimum atomic E-state index is -0.882. The molecule has 1 saturated carbocycles. The number of imidazole rings is 1. The highest BCUT2D eigenvalue weighted by Gasteiger charge is 2.32. The van der Waals surface area contributed by atoms with Crippen LogP contribution in [-0.2, 0) is 0 Å². The Morgan fingerprint density at radius 1 is 1.33 bits per heavy atom. The van der Waals surface area contributed by atoms with Crippen LogP contribution < -0.4 is 0 Å². The summed E-state index contributed by atoms with van der Waals surface area (Å²) in [7, 11) is 0. The van der Waals surface area contributed by atoms with E-state index < -0.39 is 5.97 Å². The van der Waals surface area contributed by atoms with Crippen LogP contribution in [0.1, 0.15) is 53.8 Å². The standard InChI is InChI=1S/C16H18N2O2S/c19-16(20)11-5-6-14-13(8-11)17-15(10-3-4-10)18(14)12-2-1-7-21-9-12/h5-6,8,10,12H,1-4,7,9H2,(H,19,20). The van der Waals surface area contributed by atoms with Crippen molar-refractivity contribution in [3.63, 3.8) is 0 Å². The van der Waals surface area contributed by atoms with E-state index in [2.05, 4.69) is 4.57 Å². The van der Waals surface area contributed by atoms with Crippen LogP contribution in [0, 0.1) is 0 Å². The Morgan fingerprint density at radius 3 is 2.86 bits per heavy atom. The highest BCUT2D eigenvalue weighted by Crippen LogP contribution is 2.43. The Balaban J connectivity index is 1.85. The predicted octanol–water partition coefficient (Wildman–Crippen LogP) is 3.68. The third kappa shape index (κ3) is 2.33. The highest BCUT2D eigenvalue weighted by atomic mass is 32.2. The van der Waals surface area contributed by atoms with E-state index in [1.165, 1.54) is 37.3 Å². The first-order chi connectivity index (χ1) is 10.2. The lowest BCUT2D eigenvalue weighted by Gasteiger charge is -2.25. The van der Waals surface area contributed by atoms with Crippen molar-refractivity contribution in [2.45, 2.75) is 37.6 Å². The smallest absolute Gasteiger partial charge is 0.335 e. The second-order valence-electron chi connectivity index (χ2n) is 5.99. The summed E-state index contributed by atoms with van der Waals surface area (Å²) in [5.41, 5.74) is 2.27. The van der Waals surface area contributed by atoms with Crippen LogP contribution in [0.3, 0.4) is 0 Å². The second-order valence-corrected chi connectivity index (χ2v) is 7.14. The molecule has 110 valence electrons. The van der Waals surface area contributed by atoms with Crippen molar-refractivity contribution in [3.05, 3.63) is 29.6 Å². The van der Waals surface area contributed by atoms with Gasteiger partial charge in [-0.2, -0.15) is 11.8 Å². The van der Waals surface area contributed by atoms with Gasteiger partial charge in [-0.05, 0) is 49.6 Å². The Labute approximate surface area is 127 Å². The SMILES string of the molecule is O=C(O)c1ccc2c(c1)nc(C1CC1)n2C1CCCSC1. The highest BCUT2D eigenvalue weighted by molar-refractivity contribution is 7.99. The Bertz CT molecular complexity index is 700. The summed E-state index contributed by atoms with van der Waals surface area (Å²) < 4.78 is 2.41. The van der Waals surface area contributed by atoms with Crippen LogP contribution in [0.4, 0.5) is 0 Å². The molecule has 1 saturated heterocycles. The summed E-state index contributed by atoms with van der Waals surface area (Å²) in [6.45, 7) is 0. The number of benzene rings is 1. The predicted molar refractivity (Wildman–Crippen MR) is 84.3 cm³/mol. The van der Waals surface area contributed by atoms with Gasteiger partial charge in [0.2, 0.25) is 0 Å². The first-order valence-corrected chi connectivity index (χ1v) is 8.72. The molecular formula is C16H18N2O2S. The number of fused-ring (bicyclic) bond motifs is 1. The average Bonchev–Trinajstić information content (AvgIpc) is 3.28. The van der Waals surface area contributed by atoms with Crippen molar-refractivity contribution in [1.82, 2.24) is 9.55 Å². The number of carbonyl (C=O) groups is 1. The third-order valence-corrected chi connectivity index (χ3v) is 5.61. The first-order valence-electron chi connectivity index (χ1n) is 7.57. The quantitative estimate of drug-likeness (QED) is 0.939. The number of nitrogens with zero attached hydrogens (tertiary/aromatic N) is 2. The molecule has 1 aromatic carbocycles. The summed E-state index contributed by atoms with van der Waals surface area (Å²) >= 11 is 2.02. The largest absolute Gasteiger partial charge is 0.478 e. The van der Waals surface area contributed by atoms with Gasteiger partial charge >= 0.3 is 5.97 Å². The van der Waals surface area contributed by atoms with Gasteiger partial charge in [-0.1, -0.05) is 0 Å². The fourth-order valence-corrected chi connectivity index (χ4v) is 4.32. The second kappa shape index (κ2) is 5.05. The summed E-state index contributed by atoms with van der Waals surface area (Å²) in [6.07, 6.45) is 4.90. The maximum Gasteiger partial charge on any atom is 0.335 e. The normalized spacial score (nSPS) is 22.6. The van der Waals surface area contributed by atoms with Gasteiger partial charge < -0.3 is 9.67 Å². The molecule has 1 N–H and O–H groups in total. The van der Waals surface area contributed by atoms with Crippen LogP contribution >= 0.6 is 11.8 Å². The fourth-order valence-electron chi connectivity index (χ4n) is 3.19. The molecule has 2 aliphatic rings. The number of aromatic carboxylic acids is 1. The van der Waals surface area contributed by atoms with Gasteiger partial charge in [0.15, 0.2) is 0 Å². The van der Waals surface area contributed by atoms with Crippen molar-refractivity contribution in [3.8, 4) is 0 Å². The minimum Gasteiger partial charge on any atom is -0.478 e. The molecular weight excluding hydrogens is 284 g/mol. The maximum absolute atomic E-state index is 11.1. The van der Waals surface area contributed by atoms with Crippen LogP contribution in [-0.4, -0.2) is 32.1 Å². The van der Waals surface area contributed by atoms with E-state index in [9.17, 15) is 4.79 Å². The zero-order chi connectivity index (χ0) is 14.4. The molecule has 5 heteroatoms. The zero-order valence-electron chi connectivity index (χ0n) is 11.8. The molecule has 2 heterocycles. The van der Waals surface area contributed by atoms with Gasteiger partial charge in [0.05, 0.1) is 16.6 Å². The van der Waals surface area contributed by atoms with Gasteiger partial charge in [0, 0.05) is 17.7 Å². The van der Waals surface area contributed by atoms with Crippen molar-refractivity contribution >= 4 is 28.8 Å². The monoisotopic (exact) mass is 302 g/mol. The fraction of sp³-hybridized carbons (Fsp3) is 0.500. The number of hydrogen-bond acceptors (Lipinski definition) is 3. The number of aromatic nitrogens is 2. The number of carboxylic acid groups (broad SMARTS) is 1. The van der Waals surface area contributed by atoms with E-state index in [0.717, 1.165) is 16.8 Å². The van der Waals surface area contributed by atoms with Crippen molar-refractivity contribution in [2.24, 2.45) is 0 Å². The molecule has 1 atom stereocenters. The van der Waals surface area contributed by atoms with E-state index in [-0.39, 0.29) is 0 Å². The van der Waals surface area contributed by atoms with E-state index in [4.69, 9.17) is 10.1 Å². The lowest BCUT2D eigenvalue weighted by Crippen LogP contribution is -2.18. The molecule has 2 aromatic rings. The van der Waals surface area contributed by atoms with Crippen LogP contribution in [0.25, 0.3) is 11.0 Å². The molecule has 0 amide bonds. The Kier molecular flexibility index (Phi) is 3.17. The number of hydrogen-bond donors (Lipinski definition) is 1. The summed E-state index contributed by atoms with van der Waals surface area (Å²) in [5, 5.41) is 9.15. The minimum absolute atomic E-state index is 0.326. The molecule has 4 rings (SSSR count). The molecule has 0 spiro atoms. The molecule has 1 aromatic heterocycles. The third-order valence-electron chi connectivity index (χ3n) is 4.41. The van der Waals surface area contributed by atoms with Gasteiger partial charge in [0.1, 0.15) is 5.82 Å². The van der Waals surface area contributed by atoms with Crippen LogP contribution in [0.5, 0.6) is 0 Å². The average molecular weight is 302 g/mol. The van der Waals surface area contributed by atoms with E-state index in [1.54, 1.807) is 12.1 Å². The summed E-state index contributed by atoms with van der Waals surface area (Å²) in [5.74, 6) is 3.28. The molecule has 1 unspecified atom stereocenters. The maximum atomic E-state index is 11.1. The van der Waals surface area contributed by atoms with Crippen molar-refractivity contribution in [1.29, 1.82) is 0 Å². The Hall–Kier alpha value is -1.49. The lowest BCUT2D eigenvalue weighted by molar-refractivity contribution is 0.0697. The molecule has 2 fully saturated rings. The Morgan fingerprint density at radius 2 is 2.19 bits per heavy atom. The molecule has 0 radical (unpaired) electrons. The molecule has 0 bridgehead atoms. The number of carboxylic acids is 1. The molecule has 1 aliphatic carbocycles. The van der Waals surface area contributed by atoms with Crippen molar-refractivity contribution in [2.75, 3.05) is 11.5 Å². The van der Waals surface area contributed by atoms with E-state index >= 15 is 0 Å². The molecule has 1 aliphatic heterocycles. The van der Waals surface area contributed by atoms with Gasteiger partial charge in [0.25, 0.3) is 0 Å². The van der Waals surface area contributed by atoms with E-state index in [1.807, 2.05) is 17.8 Å². The first kappa shape index (κ1) is 13.2. The van der Waals surface area contributed by atoms with Gasteiger partial charge in [-0.3, -0.25) is 0 Å². The zero-order valence-corrected chi connectivity index (χ0v) is 12.6. The number of rotatable bonds is 3. The summed E-state index contributed by atoms with van der Waals surface area (Å²) in [6, 6.07) is 5.88. The van der Waals surface area contributed by atoms with Crippen molar-refractivity contribution < 1.29 is 9.90 Å². The summed E-state index contributed by atoms with van der Waals surface area (Å²) in [4.78, 5) is 15.9. The van der Waals surface area contributed by atoms with Crippen LogP contribution in [0.15, 0.2) is 18.2 Å². The lowest BCUT2D eigenvalue weighted by atomic mass is 10.1. The van der Waals surface area contributed by atoms with Gasteiger partial charge in [-0.15, -0.1) is 0 Å². The van der Waals surface area contributed by atoms with Gasteiger partial charge in [-0.25, -0.2) is 9.78 Å². The number of thioether (sulfide) groups is 1. The topological polar surface area (TPSA) is 55.1 Å².